The molecule has 19 heavy (non-hydrogen) atoms. The largest absolute Gasteiger partial charge is 0.272 e. The highest BCUT2D eigenvalue weighted by Crippen LogP contribution is 2.31. The Labute approximate surface area is 116 Å². The van der Waals surface area contributed by atoms with Gasteiger partial charge in [0.1, 0.15) is 4.21 Å². The van der Waals surface area contributed by atoms with Crippen LogP contribution in [0.4, 0.5) is 0 Å². The van der Waals surface area contributed by atoms with E-state index in [2.05, 4.69) is 9.82 Å². The Morgan fingerprint density at radius 3 is 3.11 bits per heavy atom. The molecule has 1 N–H and O–H groups in total. The predicted octanol–water partition coefficient (Wildman–Crippen LogP) is 1.84. The summed E-state index contributed by atoms with van der Waals surface area (Å²) in [6, 6.07) is 3.21. The monoisotopic (exact) mass is 297 g/mol. The molecule has 2 aromatic heterocycles. The summed E-state index contributed by atoms with van der Waals surface area (Å²) >= 11 is 1.23. The summed E-state index contributed by atoms with van der Waals surface area (Å²) in [6.45, 7) is 0. The standard InChI is InChI=1S/C12H15N3O2S2/c1-15-11-5-2-4-10(9(11)8-13-15)14-19(16,17)12-6-3-7-18-12/h3,6-8,10,14H,2,4-5H2,1H3/t10-/m0/s1. The molecule has 7 heteroatoms. The van der Waals surface area contributed by atoms with E-state index in [4.69, 9.17) is 0 Å². The molecule has 0 spiro atoms. The van der Waals surface area contributed by atoms with E-state index in [9.17, 15) is 8.42 Å². The number of nitrogens with one attached hydrogen (secondary N) is 1. The van der Waals surface area contributed by atoms with Crippen molar-refractivity contribution < 1.29 is 8.42 Å². The van der Waals surface area contributed by atoms with Gasteiger partial charge in [0.2, 0.25) is 0 Å². The van der Waals surface area contributed by atoms with E-state index in [0.717, 1.165) is 30.5 Å². The summed E-state index contributed by atoms with van der Waals surface area (Å²) < 4.78 is 29.5. The third-order valence-corrected chi connectivity index (χ3v) is 6.30. The number of rotatable bonds is 3. The zero-order valence-corrected chi connectivity index (χ0v) is 12.2. The molecule has 0 radical (unpaired) electrons. The number of hydrogen-bond donors (Lipinski definition) is 1. The second-order valence-corrected chi connectivity index (χ2v) is 7.56. The van der Waals surface area contributed by atoms with Crippen LogP contribution in [0.5, 0.6) is 0 Å². The molecule has 1 aliphatic carbocycles. The molecule has 2 heterocycles. The van der Waals surface area contributed by atoms with Crippen LogP contribution in [0.15, 0.2) is 27.9 Å². The van der Waals surface area contributed by atoms with Crippen molar-refractivity contribution in [3.8, 4) is 0 Å². The highest BCUT2D eigenvalue weighted by atomic mass is 32.2. The summed E-state index contributed by atoms with van der Waals surface area (Å²) in [6.07, 6.45) is 4.53. The second-order valence-electron chi connectivity index (χ2n) is 4.67. The fraction of sp³-hybridized carbons (Fsp3) is 0.417. The van der Waals surface area contributed by atoms with Gasteiger partial charge in [0.25, 0.3) is 10.0 Å². The maximum Gasteiger partial charge on any atom is 0.250 e. The zero-order chi connectivity index (χ0) is 13.5. The first kappa shape index (κ1) is 12.8. The lowest BCUT2D eigenvalue weighted by atomic mass is 9.94. The summed E-state index contributed by atoms with van der Waals surface area (Å²) in [4.78, 5) is 0. The van der Waals surface area contributed by atoms with E-state index in [-0.39, 0.29) is 6.04 Å². The zero-order valence-electron chi connectivity index (χ0n) is 10.5. The van der Waals surface area contributed by atoms with Crippen LogP contribution in [0.3, 0.4) is 0 Å². The van der Waals surface area contributed by atoms with E-state index < -0.39 is 10.0 Å². The fourth-order valence-corrected chi connectivity index (χ4v) is 4.75. The van der Waals surface area contributed by atoms with Gasteiger partial charge in [0.05, 0.1) is 12.2 Å². The van der Waals surface area contributed by atoms with Gasteiger partial charge in [-0.2, -0.15) is 5.10 Å². The molecular weight excluding hydrogens is 282 g/mol. The number of fused-ring (bicyclic) bond motifs is 1. The fourth-order valence-electron chi connectivity index (χ4n) is 2.49. The second kappa shape index (κ2) is 4.73. The van der Waals surface area contributed by atoms with Crippen LogP contribution in [-0.2, 0) is 23.5 Å². The van der Waals surface area contributed by atoms with Crippen molar-refractivity contribution in [3.63, 3.8) is 0 Å². The summed E-state index contributed by atoms with van der Waals surface area (Å²) in [7, 11) is -1.52. The molecule has 0 unspecified atom stereocenters. The first-order valence-electron chi connectivity index (χ1n) is 6.14. The molecule has 0 aliphatic heterocycles. The Hall–Kier alpha value is -1.18. The molecule has 1 atom stereocenters. The average Bonchev–Trinajstić information content (AvgIpc) is 3.00. The molecule has 0 fully saturated rings. The molecule has 102 valence electrons. The maximum absolute atomic E-state index is 12.3. The summed E-state index contributed by atoms with van der Waals surface area (Å²) in [5, 5.41) is 5.99. The van der Waals surface area contributed by atoms with Gasteiger partial charge in [0, 0.05) is 18.3 Å². The van der Waals surface area contributed by atoms with Crippen LogP contribution in [0.2, 0.25) is 0 Å². The van der Waals surface area contributed by atoms with Crippen LogP contribution in [-0.4, -0.2) is 18.2 Å². The average molecular weight is 297 g/mol. The predicted molar refractivity (Wildman–Crippen MR) is 73.5 cm³/mol. The number of thiophene rings is 1. The Kier molecular flexibility index (Phi) is 3.20. The van der Waals surface area contributed by atoms with Crippen molar-refractivity contribution in [2.75, 3.05) is 0 Å². The quantitative estimate of drug-likeness (QED) is 0.940. The molecule has 0 aromatic carbocycles. The summed E-state index contributed by atoms with van der Waals surface area (Å²) in [5.74, 6) is 0. The van der Waals surface area contributed by atoms with E-state index in [1.807, 2.05) is 11.7 Å². The number of sulfonamides is 1. The van der Waals surface area contributed by atoms with Crippen LogP contribution < -0.4 is 4.72 Å². The lowest BCUT2D eigenvalue weighted by molar-refractivity contribution is 0.499. The van der Waals surface area contributed by atoms with Gasteiger partial charge in [-0.1, -0.05) is 6.07 Å². The Morgan fingerprint density at radius 2 is 2.37 bits per heavy atom. The van der Waals surface area contributed by atoms with Crippen molar-refractivity contribution in [2.24, 2.45) is 7.05 Å². The molecule has 2 aromatic rings. The normalized spacial score (nSPS) is 19.3. The SMILES string of the molecule is Cn1ncc2c1CCC[C@@H]2NS(=O)(=O)c1cccs1. The van der Waals surface area contributed by atoms with Crippen molar-refractivity contribution in [3.05, 3.63) is 35.0 Å². The van der Waals surface area contributed by atoms with E-state index in [1.165, 1.54) is 11.3 Å². The van der Waals surface area contributed by atoms with Crippen molar-refractivity contribution in [1.29, 1.82) is 0 Å². The van der Waals surface area contributed by atoms with Crippen LogP contribution in [0.1, 0.15) is 30.1 Å². The van der Waals surface area contributed by atoms with Crippen molar-refractivity contribution >= 4 is 21.4 Å². The third kappa shape index (κ3) is 2.33. The molecule has 0 saturated carbocycles. The minimum absolute atomic E-state index is 0.162. The van der Waals surface area contributed by atoms with Gasteiger partial charge >= 0.3 is 0 Å². The lowest BCUT2D eigenvalue weighted by Gasteiger charge is -2.23. The lowest BCUT2D eigenvalue weighted by Crippen LogP contribution is -2.30. The minimum Gasteiger partial charge on any atom is -0.272 e. The highest BCUT2D eigenvalue weighted by molar-refractivity contribution is 7.91. The van der Waals surface area contributed by atoms with E-state index in [0.29, 0.717) is 4.21 Å². The Balaban J connectivity index is 1.89. The van der Waals surface area contributed by atoms with Gasteiger partial charge < -0.3 is 0 Å². The van der Waals surface area contributed by atoms with Crippen LogP contribution in [0, 0.1) is 0 Å². The van der Waals surface area contributed by atoms with Gasteiger partial charge in [-0.15, -0.1) is 11.3 Å². The molecule has 1 aliphatic rings. The van der Waals surface area contributed by atoms with Crippen LogP contribution >= 0.6 is 11.3 Å². The van der Waals surface area contributed by atoms with Crippen molar-refractivity contribution in [1.82, 2.24) is 14.5 Å². The van der Waals surface area contributed by atoms with Gasteiger partial charge in [-0.3, -0.25) is 4.68 Å². The maximum atomic E-state index is 12.3. The number of nitrogens with zero attached hydrogens (tertiary/aromatic N) is 2. The van der Waals surface area contributed by atoms with Crippen LogP contribution in [0.25, 0.3) is 0 Å². The first-order chi connectivity index (χ1) is 9.08. The topological polar surface area (TPSA) is 64.0 Å². The first-order valence-corrected chi connectivity index (χ1v) is 8.51. The molecule has 3 rings (SSSR count). The molecule has 0 amide bonds. The number of hydrogen-bond acceptors (Lipinski definition) is 4. The van der Waals surface area contributed by atoms with Crippen molar-refractivity contribution in [2.45, 2.75) is 29.5 Å². The Bertz CT molecular complexity index is 674. The molecule has 0 saturated heterocycles. The molecular formula is C12H15N3O2S2. The van der Waals surface area contributed by atoms with E-state index in [1.54, 1.807) is 23.7 Å². The highest BCUT2D eigenvalue weighted by Gasteiger charge is 2.28. The smallest absolute Gasteiger partial charge is 0.250 e. The molecule has 5 nitrogen and oxygen atoms in total. The summed E-state index contributed by atoms with van der Waals surface area (Å²) in [5.41, 5.74) is 2.14. The number of aromatic nitrogens is 2. The minimum atomic E-state index is -3.42. The Morgan fingerprint density at radius 1 is 1.53 bits per heavy atom. The third-order valence-electron chi connectivity index (χ3n) is 3.43. The molecule has 0 bridgehead atoms. The van der Waals surface area contributed by atoms with Gasteiger partial charge in [-0.05, 0) is 30.7 Å². The van der Waals surface area contributed by atoms with E-state index >= 15 is 0 Å². The van der Waals surface area contributed by atoms with Gasteiger partial charge in [0.15, 0.2) is 0 Å². The number of aryl methyl sites for hydroxylation is 1. The van der Waals surface area contributed by atoms with Gasteiger partial charge in [-0.25, -0.2) is 13.1 Å².